The van der Waals surface area contributed by atoms with Crippen molar-refractivity contribution in [2.45, 2.75) is 19.9 Å². The van der Waals surface area contributed by atoms with Crippen LogP contribution in [0.15, 0.2) is 85.1 Å². The molecule has 2 aromatic carbocycles. The van der Waals surface area contributed by atoms with Crippen LogP contribution in [0, 0.1) is 11.3 Å². The summed E-state index contributed by atoms with van der Waals surface area (Å²) in [6.45, 7) is 3.66. The maximum absolute atomic E-state index is 12.7. The van der Waals surface area contributed by atoms with E-state index in [1.54, 1.807) is 23.3 Å². The topological polar surface area (TPSA) is 97.8 Å². The highest BCUT2D eigenvalue weighted by atomic mass is 16.5. The second kappa shape index (κ2) is 11.5. The average Bonchev–Trinajstić information content (AvgIpc) is 3.56. The van der Waals surface area contributed by atoms with Crippen molar-refractivity contribution in [2.24, 2.45) is 0 Å². The van der Waals surface area contributed by atoms with Crippen LogP contribution in [0.5, 0.6) is 5.75 Å². The first-order valence-corrected chi connectivity index (χ1v) is 11.4. The molecule has 0 saturated heterocycles. The van der Waals surface area contributed by atoms with Crippen LogP contribution in [0.1, 0.15) is 18.9 Å². The molecule has 35 heavy (non-hydrogen) atoms. The molecule has 176 valence electrons. The lowest BCUT2D eigenvalue weighted by molar-refractivity contribution is -0.117. The zero-order chi connectivity index (χ0) is 24.5. The number of ether oxygens (including phenoxy) is 1. The van der Waals surface area contributed by atoms with Crippen LogP contribution in [0.2, 0.25) is 0 Å². The number of benzene rings is 2. The van der Waals surface area contributed by atoms with Crippen molar-refractivity contribution in [3.8, 4) is 28.8 Å². The molecule has 0 saturated carbocycles. The SMILES string of the molecule is CCOc1cccc(-c2nn(-c3ccccc3)cc2C=C(C#N)C(=O)NCCCn2ccnc2)c1. The molecule has 0 unspecified atom stereocenters. The van der Waals surface area contributed by atoms with Crippen molar-refractivity contribution in [1.82, 2.24) is 24.6 Å². The molecule has 0 bridgehead atoms. The summed E-state index contributed by atoms with van der Waals surface area (Å²) >= 11 is 0. The Labute approximate surface area is 204 Å². The Hall–Kier alpha value is -4.64. The number of amides is 1. The van der Waals surface area contributed by atoms with Crippen molar-refractivity contribution >= 4 is 12.0 Å². The van der Waals surface area contributed by atoms with Gasteiger partial charge in [-0.2, -0.15) is 10.4 Å². The molecule has 0 radical (unpaired) electrons. The van der Waals surface area contributed by atoms with Gasteiger partial charge in [-0.05, 0) is 43.7 Å². The molecule has 1 N–H and O–H groups in total. The molecule has 0 atom stereocenters. The minimum atomic E-state index is -0.417. The fourth-order valence-corrected chi connectivity index (χ4v) is 3.61. The lowest BCUT2D eigenvalue weighted by Crippen LogP contribution is -2.26. The summed E-state index contributed by atoms with van der Waals surface area (Å²) in [7, 11) is 0. The van der Waals surface area contributed by atoms with Crippen molar-refractivity contribution in [2.75, 3.05) is 13.2 Å². The van der Waals surface area contributed by atoms with Gasteiger partial charge in [0.25, 0.3) is 5.91 Å². The van der Waals surface area contributed by atoms with Crippen LogP contribution in [0.4, 0.5) is 0 Å². The largest absolute Gasteiger partial charge is 0.494 e. The van der Waals surface area contributed by atoms with Crippen LogP contribution in [0.25, 0.3) is 23.0 Å². The molecule has 4 rings (SSSR count). The number of rotatable bonds is 10. The number of nitrogens with zero attached hydrogens (tertiary/aromatic N) is 5. The Morgan fingerprint density at radius 1 is 1.20 bits per heavy atom. The molecule has 0 aliphatic carbocycles. The Morgan fingerprint density at radius 2 is 2.06 bits per heavy atom. The van der Waals surface area contributed by atoms with Gasteiger partial charge >= 0.3 is 0 Å². The molecule has 0 fully saturated rings. The molecule has 8 nitrogen and oxygen atoms in total. The Bertz CT molecular complexity index is 1330. The summed E-state index contributed by atoms with van der Waals surface area (Å²) in [6, 6.07) is 19.3. The third kappa shape index (κ3) is 6.03. The molecule has 8 heteroatoms. The van der Waals surface area contributed by atoms with Crippen LogP contribution in [0.3, 0.4) is 0 Å². The maximum Gasteiger partial charge on any atom is 0.261 e. The maximum atomic E-state index is 12.7. The molecule has 4 aromatic rings. The fourth-order valence-electron chi connectivity index (χ4n) is 3.61. The molecule has 0 aliphatic heterocycles. The molecule has 2 aromatic heterocycles. The zero-order valence-corrected chi connectivity index (χ0v) is 19.5. The third-order valence-electron chi connectivity index (χ3n) is 5.28. The van der Waals surface area contributed by atoms with Crippen LogP contribution in [-0.2, 0) is 11.3 Å². The van der Waals surface area contributed by atoms with Gasteiger partial charge < -0.3 is 14.6 Å². The predicted molar refractivity (Wildman–Crippen MR) is 134 cm³/mol. The highest BCUT2D eigenvalue weighted by Gasteiger charge is 2.15. The van der Waals surface area contributed by atoms with Gasteiger partial charge in [0, 0.05) is 42.8 Å². The standard InChI is InChI=1S/C27H26N6O2/c1-2-35-25-11-6-8-21(17-25)26-23(19-33(31-26)24-9-4-3-5-10-24)16-22(18-28)27(34)30-12-7-14-32-15-13-29-20-32/h3-6,8-11,13,15-17,19-20H,2,7,12,14H2,1H3,(H,30,34). The number of hydrogen-bond acceptors (Lipinski definition) is 5. The predicted octanol–water partition coefficient (Wildman–Crippen LogP) is 4.25. The van der Waals surface area contributed by atoms with Gasteiger partial charge in [-0.25, -0.2) is 9.67 Å². The lowest BCUT2D eigenvalue weighted by Gasteiger charge is -2.06. The fraction of sp³-hybridized carbons (Fsp3) is 0.185. The van der Waals surface area contributed by atoms with Crippen LogP contribution < -0.4 is 10.1 Å². The highest BCUT2D eigenvalue weighted by Crippen LogP contribution is 2.28. The van der Waals surface area contributed by atoms with E-state index in [2.05, 4.69) is 10.3 Å². The highest BCUT2D eigenvalue weighted by molar-refractivity contribution is 6.02. The van der Waals surface area contributed by atoms with Gasteiger partial charge in [-0.3, -0.25) is 4.79 Å². The van der Waals surface area contributed by atoms with E-state index in [9.17, 15) is 10.1 Å². The van der Waals surface area contributed by atoms with Gasteiger partial charge in [0.15, 0.2) is 0 Å². The molecule has 0 spiro atoms. The zero-order valence-electron chi connectivity index (χ0n) is 19.5. The third-order valence-corrected chi connectivity index (χ3v) is 5.28. The number of aromatic nitrogens is 4. The van der Waals surface area contributed by atoms with Gasteiger partial charge in [0.1, 0.15) is 23.1 Å². The summed E-state index contributed by atoms with van der Waals surface area (Å²) in [5, 5.41) is 17.3. The quantitative estimate of drug-likeness (QED) is 0.214. The number of imidazole rings is 1. The number of aryl methyl sites for hydroxylation is 1. The summed E-state index contributed by atoms with van der Waals surface area (Å²) in [6.07, 6.45) is 9.44. The first kappa shape index (κ1) is 23.5. The van der Waals surface area contributed by atoms with Crippen molar-refractivity contribution in [1.29, 1.82) is 5.26 Å². The second-order valence-corrected chi connectivity index (χ2v) is 7.75. The van der Waals surface area contributed by atoms with Gasteiger partial charge in [-0.1, -0.05) is 30.3 Å². The van der Waals surface area contributed by atoms with E-state index >= 15 is 0 Å². The van der Waals surface area contributed by atoms with Gasteiger partial charge in [0.05, 0.1) is 18.6 Å². The molecular weight excluding hydrogens is 440 g/mol. The van der Waals surface area contributed by atoms with Crippen LogP contribution in [-0.4, -0.2) is 38.4 Å². The van der Waals surface area contributed by atoms with E-state index in [1.165, 1.54) is 0 Å². The Morgan fingerprint density at radius 3 is 2.80 bits per heavy atom. The van der Waals surface area contributed by atoms with Crippen LogP contribution >= 0.6 is 0 Å². The Kier molecular flexibility index (Phi) is 7.71. The minimum Gasteiger partial charge on any atom is -0.494 e. The summed E-state index contributed by atoms with van der Waals surface area (Å²) in [5.74, 6) is 0.310. The lowest BCUT2D eigenvalue weighted by atomic mass is 10.1. The number of hydrogen-bond donors (Lipinski definition) is 1. The Balaban J connectivity index is 1.60. The molecular formula is C27H26N6O2. The number of carbonyl (C=O) groups is 1. The number of nitrogens with one attached hydrogen (secondary N) is 1. The van der Waals surface area contributed by atoms with E-state index < -0.39 is 5.91 Å². The monoisotopic (exact) mass is 466 g/mol. The first-order chi connectivity index (χ1) is 17.2. The van der Waals surface area contributed by atoms with Crippen molar-refractivity contribution in [3.05, 3.63) is 90.7 Å². The summed E-state index contributed by atoms with van der Waals surface area (Å²) in [5.41, 5.74) is 3.03. The van der Waals surface area contributed by atoms with Gasteiger partial charge in [0.2, 0.25) is 0 Å². The van der Waals surface area contributed by atoms with E-state index in [4.69, 9.17) is 9.84 Å². The normalized spacial score (nSPS) is 11.1. The first-order valence-electron chi connectivity index (χ1n) is 11.4. The van der Waals surface area contributed by atoms with E-state index in [0.29, 0.717) is 24.4 Å². The van der Waals surface area contributed by atoms with E-state index in [0.717, 1.165) is 30.0 Å². The molecule has 0 aliphatic rings. The van der Waals surface area contributed by atoms with Crippen molar-refractivity contribution in [3.63, 3.8) is 0 Å². The van der Waals surface area contributed by atoms with Gasteiger partial charge in [-0.15, -0.1) is 0 Å². The number of nitriles is 1. The average molecular weight is 467 g/mol. The number of para-hydroxylation sites is 1. The van der Waals surface area contributed by atoms with Crippen molar-refractivity contribution < 1.29 is 9.53 Å². The van der Waals surface area contributed by atoms with E-state index in [-0.39, 0.29) is 5.57 Å². The smallest absolute Gasteiger partial charge is 0.261 e. The molecule has 2 heterocycles. The second-order valence-electron chi connectivity index (χ2n) is 7.75. The summed E-state index contributed by atoms with van der Waals surface area (Å²) < 4.78 is 9.33. The molecule has 1 amide bonds. The minimum absolute atomic E-state index is 0.0162. The number of carbonyl (C=O) groups excluding carboxylic acids is 1. The summed E-state index contributed by atoms with van der Waals surface area (Å²) in [4.78, 5) is 16.7. The van der Waals surface area contributed by atoms with E-state index in [1.807, 2.05) is 84.6 Å².